The van der Waals surface area contributed by atoms with Gasteiger partial charge in [0, 0.05) is 12.1 Å². The van der Waals surface area contributed by atoms with E-state index in [-0.39, 0.29) is 5.82 Å². The van der Waals surface area contributed by atoms with E-state index in [1.807, 2.05) is 13.8 Å². The average molecular weight is 231 g/mol. The number of hydrogen-bond donors (Lipinski definition) is 1. The molecule has 0 radical (unpaired) electrons. The minimum Gasteiger partial charge on any atom is -0.369 e. The lowest BCUT2D eigenvalue weighted by Gasteiger charge is -2.07. The standard InChI is InChI=1S/C13H14FN3/c1-3-16-13-8-15-7-12(17-13)11-6-10(14)5-4-9(11)2/h4-8H,3H2,1-2H3,(H,16,17). The van der Waals surface area contributed by atoms with E-state index in [0.717, 1.165) is 17.7 Å². The molecule has 0 bridgehead atoms. The molecule has 3 nitrogen and oxygen atoms in total. The molecule has 1 N–H and O–H groups in total. The molecular weight excluding hydrogens is 217 g/mol. The van der Waals surface area contributed by atoms with E-state index in [1.165, 1.54) is 12.1 Å². The van der Waals surface area contributed by atoms with Crippen LogP contribution in [0.1, 0.15) is 12.5 Å². The summed E-state index contributed by atoms with van der Waals surface area (Å²) in [4.78, 5) is 8.50. The topological polar surface area (TPSA) is 37.8 Å². The van der Waals surface area contributed by atoms with Crippen molar-refractivity contribution in [2.45, 2.75) is 13.8 Å². The molecule has 0 saturated carbocycles. The fourth-order valence-electron chi connectivity index (χ4n) is 1.63. The highest BCUT2D eigenvalue weighted by atomic mass is 19.1. The van der Waals surface area contributed by atoms with Gasteiger partial charge in [0.2, 0.25) is 0 Å². The number of benzene rings is 1. The van der Waals surface area contributed by atoms with Gasteiger partial charge in [-0.15, -0.1) is 0 Å². The predicted octanol–water partition coefficient (Wildman–Crippen LogP) is 3.02. The molecule has 0 spiro atoms. The number of rotatable bonds is 3. The third kappa shape index (κ3) is 2.58. The second-order valence-electron chi connectivity index (χ2n) is 3.78. The summed E-state index contributed by atoms with van der Waals surface area (Å²) in [5.74, 6) is 0.440. The normalized spacial score (nSPS) is 10.3. The maximum absolute atomic E-state index is 13.2. The molecule has 1 heterocycles. The van der Waals surface area contributed by atoms with Crippen LogP contribution in [-0.4, -0.2) is 16.5 Å². The number of aryl methyl sites for hydroxylation is 1. The molecule has 0 atom stereocenters. The van der Waals surface area contributed by atoms with Gasteiger partial charge < -0.3 is 5.32 Å². The molecule has 0 fully saturated rings. The second kappa shape index (κ2) is 4.91. The Hall–Kier alpha value is -1.97. The number of aromatic nitrogens is 2. The van der Waals surface area contributed by atoms with Gasteiger partial charge in [0.25, 0.3) is 0 Å². The van der Waals surface area contributed by atoms with Gasteiger partial charge in [-0.05, 0) is 31.5 Å². The number of nitrogens with one attached hydrogen (secondary N) is 1. The van der Waals surface area contributed by atoms with E-state index in [9.17, 15) is 4.39 Å². The van der Waals surface area contributed by atoms with Crippen molar-refractivity contribution in [1.29, 1.82) is 0 Å². The van der Waals surface area contributed by atoms with Crippen LogP contribution in [0.4, 0.5) is 10.2 Å². The molecule has 2 rings (SSSR count). The highest BCUT2D eigenvalue weighted by molar-refractivity contribution is 5.63. The molecule has 4 heteroatoms. The minimum absolute atomic E-state index is 0.263. The monoisotopic (exact) mass is 231 g/mol. The molecule has 1 aromatic heterocycles. The van der Waals surface area contributed by atoms with Gasteiger partial charge >= 0.3 is 0 Å². The maximum atomic E-state index is 13.2. The van der Waals surface area contributed by atoms with E-state index >= 15 is 0 Å². The molecule has 88 valence electrons. The first-order valence-electron chi connectivity index (χ1n) is 5.53. The van der Waals surface area contributed by atoms with E-state index in [4.69, 9.17) is 0 Å². The number of hydrogen-bond acceptors (Lipinski definition) is 3. The quantitative estimate of drug-likeness (QED) is 0.882. The number of anilines is 1. The first-order chi connectivity index (χ1) is 8.20. The molecule has 2 aromatic rings. The Kier molecular flexibility index (Phi) is 3.32. The van der Waals surface area contributed by atoms with Gasteiger partial charge in [0.1, 0.15) is 11.6 Å². The summed E-state index contributed by atoms with van der Waals surface area (Å²) in [6.07, 6.45) is 3.30. The van der Waals surface area contributed by atoms with E-state index in [1.54, 1.807) is 18.5 Å². The van der Waals surface area contributed by atoms with Crippen LogP contribution in [0.2, 0.25) is 0 Å². The Labute approximate surface area is 99.7 Å². The Morgan fingerprint density at radius 3 is 2.88 bits per heavy atom. The van der Waals surface area contributed by atoms with Crippen molar-refractivity contribution in [3.8, 4) is 11.3 Å². The smallest absolute Gasteiger partial charge is 0.145 e. The van der Waals surface area contributed by atoms with Gasteiger partial charge in [-0.3, -0.25) is 4.98 Å². The molecule has 1 aromatic carbocycles. The Bertz CT molecular complexity index is 526. The van der Waals surface area contributed by atoms with Crippen LogP contribution >= 0.6 is 0 Å². The molecular formula is C13H14FN3. The fourth-order valence-corrected chi connectivity index (χ4v) is 1.63. The maximum Gasteiger partial charge on any atom is 0.145 e. The summed E-state index contributed by atoms with van der Waals surface area (Å²) in [5, 5.41) is 3.08. The van der Waals surface area contributed by atoms with E-state index in [0.29, 0.717) is 11.5 Å². The highest BCUT2D eigenvalue weighted by Crippen LogP contribution is 2.22. The van der Waals surface area contributed by atoms with Crippen molar-refractivity contribution in [3.05, 3.63) is 42.0 Å². The zero-order chi connectivity index (χ0) is 12.3. The third-order valence-electron chi connectivity index (χ3n) is 2.47. The van der Waals surface area contributed by atoms with Crippen LogP contribution in [0.15, 0.2) is 30.6 Å². The van der Waals surface area contributed by atoms with E-state index in [2.05, 4.69) is 15.3 Å². The third-order valence-corrected chi connectivity index (χ3v) is 2.47. The van der Waals surface area contributed by atoms with Gasteiger partial charge in [0.05, 0.1) is 18.1 Å². The minimum atomic E-state index is -0.263. The number of halogens is 1. The molecule has 0 saturated heterocycles. The molecule has 0 unspecified atom stereocenters. The summed E-state index contributed by atoms with van der Waals surface area (Å²) in [6, 6.07) is 4.67. The van der Waals surface area contributed by atoms with Gasteiger partial charge in [-0.25, -0.2) is 9.37 Å². The second-order valence-corrected chi connectivity index (χ2v) is 3.78. The van der Waals surface area contributed by atoms with Crippen molar-refractivity contribution in [3.63, 3.8) is 0 Å². The van der Waals surface area contributed by atoms with E-state index < -0.39 is 0 Å². The summed E-state index contributed by atoms with van der Waals surface area (Å²) in [6.45, 7) is 4.69. The van der Waals surface area contributed by atoms with Crippen LogP contribution in [-0.2, 0) is 0 Å². The lowest BCUT2D eigenvalue weighted by Crippen LogP contribution is -2.01. The van der Waals surface area contributed by atoms with Crippen molar-refractivity contribution >= 4 is 5.82 Å². The summed E-state index contributed by atoms with van der Waals surface area (Å²) in [7, 11) is 0. The molecule has 0 aliphatic rings. The molecule has 0 aliphatic carbocycles. The Morgan fingerprint density at radius 1 is 1.29 bits per heavy atom. The highest BCUT2D eigenvalue weighted by Gasteiger charge is 2.06. The van der Waals surface area contributed by atoms with Gasteiger partial charge in [-0.2, -0.15) is 0 Å². The average Bonchev–Trinajstić information content (AvgIpc) is 2.33. The van der Waals surface area contributed by atoms with Crippen LogP contribution < -0.4 is 5.32 Å². The SMILES string of the molecule is CCNc1cncc(-c2cc(F)ccc2C)n1. The van der Waals surface area contributed by atoms with Crippen LogP contribution in [0.5, 0.6) is 0 Å². The van der Waals surface area contributed by atoms with Crippen LogP contribution in [0.25, 0.3) is 11.3 Å². The summed E-state index contributed by atoms with van der Waals surface area (Å²) in [5.41, 5.74) is 2.44. The zero-order valence-electron chi connectivity index (χ0n) is 9.87. The van der Waals surface area contributed by atoms with Crippen molar-refractivity contribution in [2.75, 3.05) is 11.9 Å². The van der Waals surface area contributed by atoms with Crippen LogP contribution in [0.3, 0.4) is 0 Å². The lowest BCUT2D eigenvalue weighted by atomic mass is 10.1. The van der Waals surface area contributed by atoms with Gasteiger partial charge in [0.15, 0.2) is 0 Å². The van der Waals surface area contributed by atoms with Crippen molar-refractivity contribution in [2.24, 2.45) is 0 Å². The largest absolute Gasteiger partial charge is 0.369 e. The summed E-state index contributed by atoms with van der Waals surface area (Å²) >= 11 is 0. The fraction of sp³-hybridized carbons (Fsp3) is 0.231. The molecule has 17 heavy (non-hydrogen) atoms. The zero-order valence-corrected chi connectivity index (χ0v) is 9.87. The Morgan fingerprint density at radius 2 is 2.12 bits per heavy atom. The van der Waals surface area contributed by atoms with Crippen molar-refractivity contribution in [1.82, 2.24) is 9.97 Å². The van der Waals surface area contributed by atoms with Crippen molar-refractivity contribution < 1.29 is 4.39 Å². The van der Waals surface area contributed by atoms with Gasteiger partial charge in [-0.1, -0.05) is 6.07 Å². The Balaban J connectivity index is 2.45. The predicted molar refractivity (Wildman–Crippen MR) is 66.3 cm³/mol. The number of nitrogens with zero attached hydrogens (tertiary/aromatic N) is 2. The molecule has 0 amide bonds. The lowest BCUT2D eigenvalue weighted by molar-refractivity contribution is 0.628. The first kappa shape index (κ1) is 11.5. The van der Waals surface area contributed by atoms with Crippen LogP contribution in [0, 0.1) is 12.7 Å². The first-order valence-corrected chi connectivity index (χ1v) is 5.53. The summed E-state index contributed by atoms with van der Waals surface area (Å²) < 4.78 is 13.2. The molecule has 0 aliphatic heterocycles.